The second kappa shape index (κ2) is 6.61. The van der Waals surface area contributed by atoms with E-state index in [0.717, 1.165) is 14.2 Å². The molecule has 0 aliphatic heterocycles. The molecule has 1 aromatic carbocycles. The van der Waals surface area contributed by atoms with Crippen molar-refractivity contribution >= 4 is 16.0 Å². The summed E-state index contributed by atoms with van der Waals surface area (Å²) in [7, 11) is -3.22. The van der Waals surface area contributed by atoms with E-state index in [1.54, 1.807) is 4.72 Å². The van der Waals surface area contributed by atoms with Crippen LogP contribution >= 0.6 is 0 Å². The Balaban J connectivity index is 3.98. The number of hydrogen-bond acceptors (Lipinski definition) is 5. The zero-order valence-electron chi connectivity index (χ0n) is 12.2. The Hall–Kier alpha value is -1.79. The van der Waals surface area contributed by atoms with E-state index >= 15 is 0 Å². The number of aliphatic hydroxyl groups excluding tert-OH is 1. The first kappa shape index (κ1) is 20.3. The molecule has 0 radical (unpaired) electrons. The van der Waals surface area contributed by atoms with Crippen LogP contribution in [-0.4, -0.2) is 40.3 Å². The molecule has 0 atom stereocenters. The maximum Gasteiger partial charge on any atom is 0.417 e. The van der Waals surface area contributed by atoms with Crippen LogP contribution in [0.1, 0.15) is 21.5 Å². The van der Waals surface area contributed by atoms with Crippen LogP contribution in [0.2, 0.25) is 0 Å². The summed E-state index contributed by atoms with van der Waals surface area (Å²) < 4.78 is 96.2. The summed E-state index contributed by atoms with van der Waals surface area (Å²) in [5.74, 6) is -5.81. The van der Waals surface area contributed by atoms with Crippen molar-refractivity contribution in [1.29, 1.82) is 0 Å². The van der Waals surface area contributed by atoms with Crippen molar-refractivity contribution in [1.82, 2.24) is 4.72 Å². The fourth-order valence-corrected chi connectivity index (χ4v) is 2.79. The third kappa shape index (κ3) is 3.82. The Labute approximate surface area is 133 Å². The number of carbonyl (C=O) groups is 1. The fourth-order valence-electron chi connectivity index (χ4n) is 1.80. The van der Waals surface area contributed by atoms with Crippen LogP contribution in [0.5, 0.6) is 0 Å². The Bertz CT molecular complexity index is 745. The van der Waals surface area contributed by atoms with Crippen LogP contribution in [0.25, 0.3) is 0 Å². The van der Waals surface area contributed by atoms with Crippen molar-refractivity contribution in [2.75, 3.05) is 20.8 Å². The Kier molecular flexibility index (Phi) is 5.58. The number of aliphatic hydroxyl groups is 1. The van der Waals surface area contributed by atoms with Crippen molar-refractivity contribution < 1.29 is 45.0 Å². The number of carbonyl (C=O) groups excluding carboxylic acids is 1. The number of ether oxygens (including phenoxy) is 1. The molecule has 1 aromatic rings. The van der Waals surface area contributed by atoms with Gasteiger partial charge in [0.1, 0.15) is 6.61 Å². The lowest BCUT2D eigenvalue weighted by Gasteiger charge is -2.21. The number of halogens is 5. The second-order valence-electron chi connectivity index (χ2n) is 4.45. The first-order valence-electron chi connectivity index (χ1n) is 6.08. The quantitative estimate of drug-likeness (QED) is 0.599. The average Bonchev–Trinajstić information content (AvgIpc) is 2.51. The molecule has 12 heteroatoms. The molecule has 0 fully saturated rings. The molecule has 2 N–H and O–H groups in total. The molecule has 0 amide bonds. The molecule has 0 aliphatic rings. The molecule has 0 heterocycles. The Morgan fingerprint density at radius 2 is 1.75 bits per heavy atom. The van der Waals surface area contributed by atoms with Crippen LogP contribution < -0.4 is 4.72 Å². The highest BCUT2D eigenvalue weighted by molar-refractivity contribution is 7.89. The van der Waals surface area contributed by atoms with Gasteiger partial charge in [0.15, 0.2) is 0 Å². The lowest BCUT2D eigenvalue weighted by atomic mass is 10.00. The van der Waals surface area contributed by atoms with Gasteiger partial charge in [-0.1, -0.05) is 0 Å². The normalized spacial score (nSPS) is 13.0. The summed E-state index contributed by atoms with van der Waals surface area (Å²) >= 11 is 0. The smallest absolute Gasteiger partial charge is 0.417 e. The zero-order valence-corrected chi connectivity index (χ0v) is 13.1. The van der Waals surface area contributed by atoms with Crippen molar-refractivity contribution in [2.45, 2.75) is 17.0 Å². The predicted octanol–water partition coefficient (Wildman–Crippen LogP) is 1.48. The minimum absolute atomic E-state index is 0.0507. The highest BCUT2D eigenvalue weighted by Gasteiger charge is 2.43. The molecule has 0 spiro atoms. The highest BCUT2D eigenvalue weighted by atomic mass is 32.2. The van der Waals surface area contributed by atoms with Crippen LogP contribution in [0.3, 0.4) is 0 Å². The van der Waals surface area contributed by atoms with E-state index in [2.05, 4.69) is 4.74 Å². The first-order chi connectivity index (χ1) is 10.8. The van der Waals surface area contributed by atoms with E-state index < -0.39 is 56.3 Å². The summed E-state index contributed by atoms with van der Waals surface area (Å²) in [5.41, 5.74) is -4.53. The average molecular weight is 377 g/mol. The maximum atomic E-state index is 13.8. The van der Waals surface area contributed by atoms with E-state index in [4.69, 9.17) is 5.11 Å². The molecule has 6 nitrogen and oxygen atoms in total. The molecule has 136 valence electrons. The monoisotopic (exact) mass is 377 g/mol. The molecular weight excluding hydrogens is 365 g/mol. The maximum absolute atomic E-state index is 13.8. The number of sulfonamides is 1. The summed E-state index contributed by atoms with van der Waals surface area (Å²) in [4.78, 5) is 10.1. The van der Waals surface area contributed by atoms with Gasteiger partial charge < -0.3 is 9.84 Å². The summed E-state index contributed by atoms with van der Waals surface area (Å²) in [5, 5.41) is 8.72. The Morgan fingerprint density at radius 1 is 1.21 bits per heavy atom. The number of benzene rings is 1. The van der Waals surface area contributed by atoms with Gasteiger partial charge in [-0.15, -0.1) is 0 Å². The zero-order chi connectivity index (χ0) is 18.9. The number of methoxy groups -OCH3 is 1. The number of esters is 1. The van der Waals surface area contributed by atoms with Crippen molar-refractivity contribution in [3.05, 3.63) is 28.8 Å². The van der Waals surface area contributed by atoms with Gasteiger partial charge in [-0.2, -0.15) is 22.0 Å². The van der Waals surface area contributed by atoms with Gasteiger partial charge >= 0.3 is 12.1 Å². The van der Waals surface area contributed by atoms with Gasteiger partial charge in [-0.3, -0.25) is 0 Å². The molecule has 0 aliphatic carbocycles. The largest absolute Gasteiger partial charge is 0.465 e. The second-order valence-corrected chi connectivity index (χ2v) is 6.31. The third-order valence-electron chi connectivity index (χ3n) is 2.98. The third-order valence-corrected chi connectivity index (χ3v) is 4.44. The SMILES string of the molecule is CNS(=O)(=O)c1cc(C(F)(F)F)c(C(=O)OC)cc1C(F)(F)CO. The van der Waals surface area contributed by atoms with Crippen LogP contribution in [0, 0.1) is 0 Å². The standard InChI is InChI=1S/C12H12F5NO5S/c1-18-24(21,22)9-4-7(12(15,16)17)6(10(20)23-2)3-8(9)11(13,14)5-19/h3-4,18-19H,5H2,1-2H3. The van der Waals surface area contributed by atoms with E-state index in [0.29, 0.717) is 0 Å². The van der Waals surface area contributed by atoms with E-state index in [1.807, 2.05) is 0 Å². The lowest BCUT2D eigenvalue weighted by molar-refractivity contribution is -0.138. The van der Waals surface area contributed by atoms with Gasteiger partial charge in [0.2, 0.25) is 10.0 Å². The molecule has 1 rings (SSSR count). The summed E-state index contributed by atoms with van der Waals surface area (Å²) in [6.45, 7) is -1.88. The van der Waals surface area contributed by atoms with Gasteiger partial charge in [0, 0.05) is 5.56 Å². The minimum Gasteiger partial charge on any atom is -0.465 e. The van der Waals surface area contributed by atoms with Crippen molar-refractivity contribution in [2.24, 2.45) is 0 Å². The molecule has 24 heavy (non-hydrogen) atoms. The van der Waals surface area contributed by atoms with Gasteiger partial charge in [-0.25, -0.2) is 17.9 Å². The molecule has 0 saturated heterocycles. The van der Waals surface area contributed by atoms with Gasteiger partial charge in [-0.05, 0) is 19.2 Å². The number of rotatable bonds is 5. The van der Waals surface area contributed by atoms with Crippen LogP contribution in [-0.2, 0) is 26.9 Å². The van der Waals surface area contributed by atoms with Crippen molar-refractivity contribution in [3.8, 4) is 0 Å². The van der Waals surface area contributed by atoms with Crippen LogP contribution in [0.15, 0.2) is 17.0 Å². The first-order valence-corrected chi connectivity index (χ1v) is 7.56. The molecule has 0 aromatic heterocycles. The molecule has 0 saturated carbocycles. The molecular formula is C12H12F5NO5S. The number of alkyl halides is 5. The Morgan fingerprint density at radius 3 is 2.12 bits per heavy atom. The topological polar surface area (TPSA) is 92.7 Å². The van der Waals surface area contributed by atoms with E-state index in [1.165, 1.54) is 0 Å². The van der Waals surface area contributed by atoms with Crippen LogP contribution in [0.4, 0.5) is 22.0 Å². The highest BCUT2D eigenvalue weighted by Crippen LogP contribution is 2.39. The number of hydrogen-bond donors (Lipinski definition) is 2. The number of nitrogens with one attached hydrogen (secondary N) is 1. The van der Waals surface area contributed by atoms with Crippen molar-refractivity contribution in [3.63, 3.8) is 0 Å². The lowest BCUT2D eigenvalue weighted by Crippen LogP contribution is -2.28. The minimum atomic E-state index is -5.21. The van der Waals surface area contributed by atoms with Gasteiger partial charge in [0.05, 0.1) is 23.1 Å². The van der Waals surface area contributed by atoms with E-state index in [-0.39, 0.29) is 12.1 Å². The predicted molar refractivity (Wildman–Crippen MR) is 70.0 cm³/mol. The molecule has 0 unspecified atom stereocenters. The summed E-state index contributed by atoms with van der Waals surface area (Å²) in [6.07, 6.45) is -5.21. The van der Waals surface area contributed by atoms with E-state index in [9.17, 15) is 35.2 Å². The molecule has 0 bridgehead atoms. The summed E-state index contributed by atoms with van der Waals surface area (Å²) in [6, 6.07) is -0.0495. The van der Waals surface area contributed by atoms with Gasteiger partial charge in [0.25, 0.3) is 5.92 Å². The fraction of sp³-hybridized carbons (Fsp3) is 0.417.